The van der Waals surface area contributed by atoms with E-state index in [0.29, 0.717) is 19.6 Å². The highest BCUT2D eigenvalue weighted by Gasteiger charge is 2.25. The minimum absolute atomic E-state index is 0.0783. The zero-order valence-corrected chi connectivity index (χ0v) is 17.9. The number of anilines is 1. The molecule has 1 aliphatic heterocycles. The molecule has 8 heteroatoms. The van der Waals surface area contributed by atoms with Crippen LogP contribution in [0.15, 0.2) is 42.7 Å². The Labute approximate surface area is 180 Å². The van der Waals surface area contributed by atoms with Gasteiger partial charge in [0.2, 0.25) is 5.91 Å². The largest absolute Gasteiger partial charge is 0.378 e. The monoisotopic (exact) mass is 425 g/mol. The predicted octanol–water partition coefficient (Wildman–Crippen LogP) is 2.40. The molecule has 3 heterocycles. The Morgan fingerprint density at radius 3 is 2.70 bits per heavy atom. The molecule has 1 saturated heterocycles. The van der Waals surface area contributed by atoms with Crippen LogP contribution in [0.2, 0.25) is 0 Å². The number of aryl methyl sites for hydroxylation is 1. The van der Waals surface area contributed by atoms with Crippen molar-refractivity contribution in [1.29, 1.82) is 0 Å². The molecule has 1 aliphatic rings. The first-order chi connectivity index (χ1) is 14.6. The molecule has 158 valence electrons. The van der Waals surface area contributed by atoms with Crippen LogP contribution in [0.1, 0.15) is 23.8 Å². The number of aliphatic hydroxyl groups is 1. The summed E-state index contributed by atoms with van der Waals surface area (Å²) in [6, 6.07) is 12.0. The molecule has 1 atom stereocenters. The first kappa shape index (κ1) is 20.7. The van der Waals surface area contributed by atoms with Crippen molar-refractivity contribution in [3.05, 3.63) is 53.2 Å². The Hall–Kier alpha value is -2.55. The number of hydrogen-bond acceptors (Lipinski definition) is 7. The van der Waals surface area contributed by atoms with E-state index in [-0.39, 0.29) is 12.3 Å². The molecule has 0 radical (unpaired) electrons. The summed E-state index contributed by atoms with van der Waals surface area (Å²) < 4.78 is 0. The van der Waals surface area contributed by atoms with E-state index in [1.54, 1.807) is 17.7 Å². The van der Waals surface area contributed by atoms with Crippen molar-refractivity contribution >= 4 is 33.3 Å². The highest BCUT2D eigenvalue weighted by molar-refractivity contribution is 7.18. The highest BCUT2D eigenvalue weighted by Crippen LogP contribution is 2.31. The second-order valence-corrected chi connectivity index (χ2v) is 8.57. The molecule has 7 nitrogen and oxygen atoms in total. The summed E-state index contributed by atoms with van der Waals surface area (Å²) in [6.07, 6.45) is 1.93. The van der Waals surface area contributed by atoms with Gasteiger partial charge in [-0.1, -0.05) is 37.3 Å². The molecule has 0 bridgehead atoms. The molecule has 0 spiro atoms. The lowest BCUT2D eigenvalue weighted by Gasteiger charge is -2.37. The Morgan fingerprint density at radius 2 is 1.97 bits per heavy atom. The van der Waals surface area contributed by atoms with Gasteiger partial charge in [-0.15, -0.1) is 11.3 Å². The molecule has 1 fully saturated rings. The molecular weight excluding hydrogens is 398 g/mol. The predicted molar refractivity (Wildman–Crippen MR) is 119 cm³/mol. The van der Waals surface area contributed by atoms with Crippen molar-refractivity contribution in [3.63, 3.8) is 0 Å². The van der Waals surface area contributed by atoms with Crippen LogP contribution in [-0.4, -0.2) is 58.3 Å². The number of piperazine rings is 1. The summed E-state index contributed by atoms with van der Waals surface area (Å²) in [7, 11) is 0. The molecule has 1 amide bonds. The van der Waals surface area contributed by atoms with Crippen LogP contribution in [0.4, 0.5) is 5.82 Å². The maximum Gasteiger partial charge on any atom is 0.224 e. The quantitative estimate of drug-likeness (QED) is 0.605. The lowest BCUT2D eigenvalue weighted by molar-refractivity contribution is -0.126. The smallest absolute Gasteiger partial charge is 0.224 e. The van der Waals surface area contributed by atoms with Gasteiger partial charge in [0.25, 0.3) is 0 Å². The number of thiophene rings is 1. The van der Waals surface area contributed by atoms with Crippen LogP contribution in [-0.2, 0) is 17.8 Å². The number of aliphatic hydroxyl groups excluding tert-OH is 1. The Bertz CT molecular complexity index is 986. The maximum atomic E-state index is 12.2. The number of nitrogens with one attached hydrogen (secondary N) is 1. The van der Waals surface area contributed by atoms with Crippen molar-refractivity contribution in [2.75, 3.05) is 31.1 Å². The number of aromatic nitrogens is 2. The molecule has 0 aliphatic carbocycles. The number of amides is 1. The van der Waals surface area contributed by atoms with Crippen molar-refractivity contribution in [3.8, 4) is 0 Å². The van der Waals surface area contributed by atoms with E-state index in [2.05, 4.69) is 33.2 Å². The van der Waals surface area contributed by atoms with Crippen molar-refractivity contribution < 1.29 is 9.90 Å². The van der Waals surface area contributed by atoms with E-state index in [1.165, 1.54) is 4.88 Å². The first-order valence-electron chi connectivity index (χ1n) is 10.3. The fourth-order valence-corrected chi connectivity index (χ4v) is 4.64. The summed E-state index contributed by atoms with van der Waals surface area (Å²) in [4.78, 5) is 27.7. The van der Waals surface area contributed by atoms with Crippen LogP contribution in [0, 0.1) is 0 Å². The van der Waals surface area contributed by atoms with E-state index >= 15 is 0 Å². The third-order valence-electron chi connectivity index (χ3n) is 5.44. The molecule has 4 rings (SSSR count). The summed E-state index contributed by atoms with van der Waals surface area (Å²) >= 11 is 1.72. The summed E-state index contributed by atoms with van der Waals surface area (Å²) in [5, 5.41) is 14.5. The van der Waals surface area contributed by atoms with Crippen molar-refractivity contribution in [1.82, 2.24) is 20.2 Å². The third kappa shape index (κ3) is 4.77. The van der Waals surface area contributed by atoms with E-state index in [9.17, 15) is 9.90 Å². The number of nitrogens with zero attached hydrogens (tertiary/aromatic N) is 4. The minimum Gasteiger partial charge on any atom is -0.378 e. The van der Waals surface area contributed by atoms with E-state index in [4.69, 9.17) is 0 Å². The lowest BCUT2D eigenvalue weighted by Crippen LogP contribution is -2.51. The van der Waals surface area contributed by atoms with Gasteiger partial charge in [-0.2, -0.15) is 0 Å². The SMILES string of the molecule is CCc1cc2c(N3CCN(C(O)CC(=O)NCc4ccccc4)CC3)ncnc2s1. The van der Waals surface area contributed by atoms with Gasteiger partial charge in [-0.25, -0.2) is 9.97 Å². The van der Waals surface area contributed by atoms with Crippen LogP contribution in [0.3, 0.4) is 0 Å². The summed E-state index contributed by atoms with van der Waals surface area (Å²) in [5.74, 6) is 0.822. The Kier molecular flexibility index (Phi) is 6.56. The van der Waals surface area contributed by atoms with Crippen LogP contribution < -0.4 is 10.2 Å². The number of carbonyl (C=O) groups excluding carboxylic acids is 1. The minimum atomic E-state index is -0.777. The fourth-order valence-electron chi connectivity index (χ4n) is 3.71. The summed E-state index contributed by atoms with van der Waals surface area (Å²) in [6.45, 7) is 5.50. The van der Waals surface area contributed by atoms with Crippen LogP contribution in [0.5, 0.6) is 0 Å². The maximum absolute atomic E-state index is 12.2. The molecular formula is C22H27N5O2S. The van der Waals surface area contributed by atoms with Gasteiger partial charge in [-0.3, -0.25) is 9.69 Å². The fraction of sp³-hybridized carbons (Fsp3) is 0.409. The molecule has 30 heavy (non-hydrogen) atoms. The van der Waals surface area contributed by atoms with Gasteiger partial charge in [0, 0.05) is 37.6 Å². The third-order valence-corrected chi connectivity index (χ3v) is 6.63. The molecule has 1 aromatic carbocycles. The second kappa shape index (κ2) is 9.51. The number of benzene rings is 1. The van der Waals surface area contributed by atoms with Crippen LogP contribution >= 0.6 is 11.3 Å². The van der Waals surface area contributed by atoms with Gasteiger partial charge in [0.15, 0.2) is 0 Å². The number of hydrogen-bond donors (Lipinski definition) is 2. The molecule has 3 aromatic rings. The first-order valence-corrected chi connectivity index (χ1v) is 11.2. The molecule has 0 saturated carbocycles. The Balaban J connectivity index is 1.30. The van der Waals surface area contributed by atoms with Gasteiger partial charge in [0.1, 0.15) is 23.2 Å². The summed E-state index contributed by atoms with van der Waals surface area (Å²) in [5.41, 5.74) is 1.05. The Morgan fingerprint density at radius 1 is 1.20 bits per heavy atom. The highest BCUT2D eigenvalue weighted by atomic mass is 32.1. The average Bonchev–Trinajstić information content (AvgIpc) is 3.22. The second-order valence-electron chi connectivity index (χ2n) is 7.45. The molecule has 2 N–H and O–H groups in total. The van der Waals surface area contributed by atoms with Crippen molar-refractivity contribution in [2.24, 2.45) is 0 Å². The number of rotatable bonds is 7. The van der Waals surface area contributed by atoms with Gasteiger partial charge >= 0.3 is 0 Å². The van der Waals surface area contributed by atoms with E-state index < -0.39 is 6.23 Å². The zero-order valence-electron chi connectivity index (χ0n) is 17.1. The molecule has 2 aromatic heterocycles. The van der Waals surface area contributed by atoms with Gasteiger partial charge < -0.3 is 15.3 Å². The number of carbonyl (C=O) groups is 1. The van der Waals surface area contributed by atoms with E-state index in [0.717, 1.165) is 41.1 Å². The average molecular weight is 426 g/mol. The molecule has 1 unspecified atom stereocenters. The normalized spacial score (nSPS) is 16.0. The van der Waals surface area contributed by atoms with E-state index in [1.807, 2.05) is 35.2 Å². The van der Waals surface area contributed by atoms with Crippen LogP contribution in [0.25, 0.3) is 10.2 Å². The van der Waals surface area contributed by atoms with Crippen molar-refractivity contribution in [2.45, 2.75) is 32.5 Å². The standard InChI is InChI=1S/C22H27N5O2S/c1-2-17-12-18-21(24-15-25-22(18)30-17)27-10-8-26(9-11-27)20(29)13-19(28)23-14-16-6-4-3-5-7-16/h3-7,12,15,20,29H,2,8-11,13-14H2,1H3,(H,23,28). The zero-order chi connectivity index (χ0) is 20.9. The van der Waals surface area contributed by atoms with Gasteiger partial charge in [0.05, 0.1) is 11.8 Å². The van der Waals surface area contributed by atoms with Gasteiger partial charge in [-0.05, 0) is 18.1 Å². The number of fused-ring (bicyclic) bond motifs is 1. The lowest BCUT2D eigenvalue weighted by atomic mass is 10.2. The topological polar surface area (TPSA) is 81.6 Å².